The minimum absolute atomic E-state index is 0.0269. The van der Waals surface area contributed by atoms with E-state index in [2.05, 4.69) is 33.0 Å². The summed E-state index contributed by atoms with van der Waals surface area (Å²) < 4.78 is 5.56. The topological polar surface area (TPSA) is 38.3 Å². The largest absolute Gasteiger partial charge is 0.494 e. The Balaban J connectivity index is 2.78. The number of halogens is 1. The van der Waals surface area contributed by atoms with E-state index in [1.165, 1.54) is 0 Å². The molecule has 0 saturated carbocycles. The minimum atomic E-state index is -0.0815. The second-order valence-electron chi connectivity index (χ2n) is 6.25. The molecule has 1 aromatic carbocycles. The van der Waals surface area contributed by atoms with Crippen LogP contribution in [0.2, 0.25) is 0 Å². The summed E-state index contributed by atoms with van der Waals surface area (Å²) in [5.41, 5.74) is 0.591. The SMILES string of the molecule is CCCOc1cccc(C(=O)NC(CCCl)C(C)(C)C)c1. The molecule has 1 atom stereocenters. The van der Waals surface area contributed by atoms with Crippen molar-refractivity contribution >= 4 is 17.5 Å². The maximum absolute atomic E-state index is 12.4. The Kier molecular flexibility index (Phi) is 7.03. The van der Waals surface area contributed by atoms with Gasteiger partial charge in [-0.15, -0.1) is 11.6 Å². The molecule has 0 spiro atoms. The first-order valence-electron chi connectivity index (χ1n) is 7.48. The van der Waals surface area contributed by atoms with Crippen LogP contribution in [0.15, 0.2) is 24.3 Å². The molecule has 0 saturated heterocycles. The first kappa shape index (κ1) is 17.8. The Labute approximate surface area is 133 Å². The standard InChI is InChI=1S/C17H26ClNO2/c1-5-11-21-14-8-6-7-13(12-14)16(20)19-15(9-10-18)17(2,3)4/h6-8,12,15H,5,9-11H2,1-4H3,(H,19,20). The van der Waals surface area contributed by atoms with Crippen LogP contribution in [-0.4, -0.2) is 24.4 Å². The fourth-order valence-electron chi connectivity index (χ4n) is 2.02. The lowest BCUT2D eigenvalue weighted by molar-refractivity contribution is 0.0900. The molecule has 0 radical (unpaired) electrons. The maximum atomic E-state index is 12.4. The highest BCUT2D eigenvalue weighted by molar-refractivity contribution is 6.17. The average Bonchev–Trinajstić information content (AvgIpc) is 2.44. The molecule has 0 aliphatic rings. The van der Waals surface area contributed by atoms with Crippen LogP contribution in [0, 0.1) is 5.41 Å². The lowest BCUT2D eigenvalue weighted by Gasteiger charge is -2.31. The van der Waals surface area contributed by atoms with Crippen molar-refractivity contribution in [2.24, 2.45) is 5.41 Å². The highest BCUT2D eigenvalue weighted by Crippen LogP contribution is 2.23. The number of hydrogen-bond acceptors (Lipinski definition) is 2. The molecular formula is C17H26ClNO2. The number of carbonyl (C=O) groups excluding carboxylic acids is 1. The molecule has 0 heterocycles. The van der Waals surface area contributed by atoms with Crippen LogP contribution in [0.4, 0.5) is 0 Å². The fourth-order valence-corrected chi connectivity index (χ4v) is 2.24. The van der Waals surface area contributed by atoms with Gasteiger partial charge in [0.25, 0.3) is 5.91 Å². The Hall–Kier alpha value is -1.22. The van der Waals surface area contributed by atoms with Crippen LogP contribution in [0.1, 0.15) is 50.9 Å². The molecule has 0 aromatic heterocycles. The Morgan fingerprint density at radius 2 is 2.10 bits per heavy atom. The van der Waals surface area contributed by atoms with Gasteiger partial charge in [0.2, 0.25) is 0 Å². The Morgan fingerprint density at radius 1 is 1.38 bits per heavy atom. The average molecular weight is 312 g/mol. The van der Waals surface area contributed by atoms with Gasteiger partial charge in [-0.2, -0.15) is 0 Å². The van der Waals surface area contributed by atoms with Crippen LogP contribution in [-0.2, 0) is 0 Å². The number of alkyl halides is 1. The molecule has 1 rings (SSSR count). The van der Waals surface area contributed by atoms with E-state index in [0.717, 1.165) is 18.6 Å². The second kappa shape index (κ2) is 8.28. The van der Waals surface area contributed by atoms with E-state index in [-0.39, 0.29) is 17.4 Å². The van der Waals surface area contributed by atoms with Gasteiger partial charge in [0.15, 0.2) is 0 Å². The van der Waals surface area contributed by atoms with Gasteiger partial charge in [0.1, 0.15) is 5.75 Å². The molecule has 0 bridgehead atoms. The highest BCUT2D eigenvalue weighted by atomic mass is 35.5. The maximum Gasteiger partial charge on any atom is 0.251 e. The third-order valence-electron chi connectivity index (χ3n) is 3.32. The quantitative estimate of drug-likeness (QED) is 0.765. The van der Waals surface area contributed by atoms with E-state index < -0.39 is 0 Å². The molecule has 1 unspecified atom stereocenters. The van der Waals surface area contributed by atoms with Gasteiger partial charge in [-0.25, -0.2) is 0 Å². The monoisotopic (exact) mass is 311 g/mol. The van der Waals surface area contributed by atoms with Crippen molar-refractivity contribution < 1.29 is 9.53 Å². The molecule has 0 aliphatic carbocycles. The second-order valence-corrected chi connectivity index (χ2v) is 6.62. The molecule has 118 valence electrons. The van der Waals surface area contributed by atoms with Crippen LogP contribution >= 0.6 is 11.6 Å². The normalized spacial score (nSPS) is 12.8. The van der Waals surface area contributed by atoms with Gasteiger partial charge in [-0.3, -0.25) is 4.79 Å². The van der Waals surface area contributed by atoms with E-state index in [1.807, 2.05) is 12.1 Å². The van der Waals surface area contributed by atoms with Crippen molar-refractivity contribution in [1.82, 2.24) is 5.32 Å². The summed E-state index contributed by atoms with van der Waals surface area (Å²) in [6.07, 6.45) is 1.70. The molecule has 1 aromatic rings. The summed E-state index contributed by atoms with van der Waals surface area (Å²) in [4.78, 5) is 12.4. The number of carbonyl (C=O) groups is 1. The summed E-state index contributed by atoms with van der Waals surface area (Å²) in [5.74, 6) is 1.18. The third kappa shape index (κ3) is 5.96. The van der Waals surface area contributed by atoms with Crippen molar-refractivity contribution in [3.05, 3.63) is 29.8 Å². The number of amides is 1. The van der Waals surface area contributed by atoms with Crippen molar-refractivity contribution in [2.45, 2.75) is 46.6 Å². The van der Waals surface area contributed by atoms with E-state index in [0.29, 0.717) is 18.1 Å². The number of ether oxygens (including phenoxy) is 1. The predicted octanol–water partition coefficient (Wildman–Crippen LogP) is 4.25. The van der Waals surface area contributed by atoms with Crippen molar-refractivity contribution in [1.29, 1.82) is 0 Å². The van der Waals surface area contributed by atoms with Crippen molar-refractivity contribution in [3.63, 3.8) is 0 Å². The zero-order chi connectivity index (χ0) is 15.9. The molecule has 3 nitrogen and oxygen atoms in total. The lowest BCUT2D eigenvalue weighted by atomic mass is 9.85. The van der Waals surface area contributed by atoms with Gasteiger partial charge in [-0.05, 0) is 36.5 Å². The zero-order valence-electron chi connectivity index (χ0n) is 13.4. The highest BCUT2D eigenvalue weighted by Gasteiger charge is 2.26. The van der Waals surface area contributed by atoms with Crippen LogP contribution in [0.25, 0.3) is 0 Å². The number of rotatable bonds is 7. The van der Waals surface area contributed by atoms with Crippen molar-refractivity contribution in [2.75, 3.05) is 12.5 Å². The molecule has 0 aliphatic heterocycles. The molecule has 21 heavy (non-hydrogen) atoms. The summed E-state index contributed by atoms with van der Waals surface area (Å²) in [6.45, 7) is 9.01. The van der Waals surface area contributed by atoms with E-state index in [4.69, 9.17) is 16.3 Å². The van der Waals surface area contributed by atoms with E-state index in [9.17, 15) is 4.79 Å². The van der Waals surface area contributed by atoms with Gasteiger partial charge < -0.3 is 10.1 Å². The van der Waals surface area contributed by atoms with E-state index >= 15 is 0 Å². The van der Waals surface area contributed by atoms with Gasteiger partial charge in [-0.1, -0.05) is 33.8 Å². The number of nitrogens with one attached hydrogen (secondary N) is 1. The first-order chi connectivity index (χ1) is 9.88. The predicted molar refractivity (Wildman–Crippen MR) is 88.3 cm³/mol. The molecular weight excluding hydrogens is 286 g/mol. The van der Waals surface area contributed by atoms with Gasteiger partial charge in [0, 0.05) is 17.5 Å². The van der Waals surface area contributed by atoms with Crippen LogP contribution < -0.4 is 10.1 Å². The Morgan fingerprint density at radius 3 is 2.67 bits per heavy atom. The first-order valence-corrected chi connectivity index (χ1v) is 8.01. The Bertz CT molecular complexity index is 454. The van der Waals surface area contributed by atoms with Crippen LogP contribution in [0.5, 0.6) is 5.75 Å². The van der Waals surface area contributed by atoms with Gasteiger partial charge >= 0.3 is 0 Å². The number of benzene rings is 1. The van der Waals surface area contributed by atoms with E-state index in [1.54, 1.807) is 12.1 Å². The zero-order valence-corrected chi connectivity index (χ0v) is 14.2. The number of hydrogen-bond donors (Lipinski definition) is 1. The fraction of sp³-hybridized carbons (Fsp3) is 0.588. The summed E-state index contributed by atoms with van der Waals surface area (Å²) >= 11 is 5.84. The lowest BCUT2D eigenvalue weighted by Crippen LogP contribution is -2.44. The molecule has 4 heteroatoms. The summed E-state index contributed by atoms with van der Waals surface area (Å²) in [6, 6.07) is 7.34. The summed E-state index contributed by atoms with van der Waals surface area (Å²) in [7, 11) is 0. The minimum Gasteiger partial charge on any atom is -0.494 e. The van der Waals surface area contributed by atoms with Crippen LogP contribution in [0.3, 0.4) is 0 Å². The summed E-state index contributed by atoms with van der Waals surface area (Å²) in [5, 5.41) is 3.08. The smallest absolute Gasteiger partial charge is 0.251 e. The third-order valence-corrected chi connectivity index (χ3v) is 3.54. The molecule has 1 N–H and O–H groups in total. The van der Waals surface area contributed by atoms with Gasteiger partial charge in [0.05, 0.1) is 6.61 Å². The molecule has 0 fully saturated rings. The molecule has 1 amide bonds. The van der Waals surface area contributed by atoms with Crippen molar-refractivity contribution in [3.8, 4) is 5.75 Å².